The Morgan fingerprint density at radius 1 is 1.50 bits per heavy atom. The van der Waals surface area contributed by atoms with Crippen molar-refractivity contribution in [2.45, 2.75) is 45.0 Å². The summed E-state index contributed by atoms with van der Waals surface area (Å²) in [6, 6.07) is 0. The van der Waals surface area contributed by atoms with Crippen LogP contribution >= 0.6 is 0 Å². The highest BCUT2D eigenvalue weighted by atomic mass is 19.3. The number of hydrogen-bond donors (Lipinski definition) is 0. The molecule has 2 aliphatic rings. The molecule has 0 aliphatic heterocycles. The van der Waals surface area contributed by atoms with Crippen molar-refractivity contribution in [1.82, 2.24) is 0 Å². The summed E-state index contributed by atoms with van der Waals surface area (Å²) < 4.78 is 25.7. The van der Waals surface area contributed by atoms with E-state index in [1.54, 1.807) is 0 Å². The minimum Gasteiger partial charge on any atom is -0.206 e. The van der Waals surface area contributed by atoms with Gasteiger partial charge in [-0.1, -0.05) is 18.6 Å². The van der Waals surface area contributed by atoms with Crippen LogP contribution in [-0.2, 0) is 0 Å². The number of allylic oxidation sites excluding steroid dienone is 2. The van der Waals surface area contributed by atoms with Gasteiger partial charge in [0.05, 0.1) is 0 Å². The zero-order valence-corrected chi connectivity index (χ0v) is 7.37. The summed E-state index contributed by atoms with van der Waals surface area (Å²) in [6.07, 6.45) is 5.41. The predicted octanol–water partition coefficient (Wildman–Crippen LogP) is 3.53. The number of hydrogen-bond acceptors (Lipinski definition) is 0. The van der Waals surface area contributed by atoms with E-state index in [0.29, 0.717) is 12.8 Å². The number of alkyl halides is 2. The van der Waals surface area contributed by atoms with Crippen molar-refractivity contribution < 1.29 is 8.78 Å². The zero-order chi connectivity index (χ0) is 8.82. The lowest BCUT2D eigenvalue weighted by Crippen LogP contribution is -2.14. The van der Waals surface area contributed by atoms with E-state index in [4.69, 9.17) is 0 Å². The lowest BCUT2D eigenvalue weighted by molar-refractivity contribution is 0.0593. The molecular formula is C10H14F2. The number of halogens is 2. The maximum atomic E-state index is 12.9. The van der Waals surface area contributed by atoms with Gasteiger partial charge in [-0.05, 0) is 25.7 Å². The van der Waals surface area contributed by atoms with Gasteiger partial charge in [0.15, 0.2) is 0 Å². The van der Waals surface area contributed by atoms with Crippen LogP contribution in [0.1, 0.15) is 39.0 Å². The average Bonchev–Trinajstić information content (AvgIpc) is 2.55. The highest BCUT2D eigenvalue weighted by Gasteiger charge is 2.69. The first-order valence-corrected chi connectivity index (χ1v) is 4.65. The van der Waals surface area contributed by atoms with Crippen molar-refractivity contribution in [3.05, 3.63) is 11.6 Å². The van der Waals surface area contributed by atoms with Crippen molar-refractivity contribution in [3.63, 3.8) is 0 Å². The van der Waals surface area contributed by atoms with Crippen LogP contribution < -0.4 is 0 Å². The lowest BCUT2D eigenvalue weighted by atomic mass is 9.85. The van der Waals surface area contributed by atoms with E-state index in [0.717, 1.165) is 12.8 Å². The van der Waals surface area contributed by atoms with Crippen LogP contribution in [0, 0.1) is 5.41 Å². The SMILES string of the molecule is CCC1=CCC2(CC1)CC2(F)F. The van der Waals surface area contributed by atoms with Crippen LogP contribution in [-0.4, -0.2) is 5.92 Å². The Hall–Kier alpha value is -0.400. The highest BCUT2D eigenvalue weighted by Crippen LogP contribution is 2.67. The monoisotopic (exact) mass is 172 g/mol. The van der Waals surface area contributed by atoms with Crippen molar-refractivity contribution >= 4 is 0 Å². The summed E-state index contributed by atoms with van der Waals surface area (Å²) in [5, 5.41) is 0. The van der Waals surface area contributed by atoms with Crippen molar-refractivity contribution in [3.8, 4) is 0 Å². The molecular weight excluding hydrogens is 158 g/mol. The first kappa shape index (κ1) is 8.21. The smallest absolute Gasteiger partial charge is 0.206 e. The molecule has 0 amide bonds. The standard InChI is InChI=1S/C10H14F2/c1-2-8-3-5-9(6-4-8)7-10(9,11)12/h3H,2,4-7H2,1H3. The molecule has 0 nitrogen and oxygen atoms in total. The van der Waals surface area contributed by atoms with Gasteiger partial charge in [-0.25, -0.2) is 8.78 Å². The van der Waals surface area contributed by atoms with Gasteiger partial charge in [0, 0.05) is 11.8 Å². The normalized spacial score (nSPS) is 38.1. The average molecular weight is 172 g/mol. The molecule has 1 fully saturated rings. The molecule has 1 unspecified atom stereocenters. The molecule has 1 spiro atoms. The molecule has 2 heteroatoms. The van der Waals surface area contributed by atoms with Gasteiger partial charge in [-0.15, -0.1) is 0 Å². The van der Waals surface area contributed by atoms with E-state index in [1.165, 1.54) is 5.57 Å². The largest absolute Gasteiger partial charge is 0.254 e. The molecule has 2 aliphatic carbocycles. The van der Waals surface area contributed by atoms with Crippen molar-refractivity contribution in [1.29, 1.82) is 0 Å². The van der Waals surface area contributed by atoms with Crippen LogP contribution in [0.15, 0.2) is 11.6 Å². The Labute approximate surface area is 71.7 Å². The van der Waals surface area contributed by atoms with Gasteiger partial charge in [0.1, 0.15) is 0 Å². The van der Waals surface area contributed by atoms with E-state index >= 15 is 0 Å². The third-order valence-corrected chi connectivity index (χ3v) is 3.37. The third-order valence-electron chi connectivity index (χ3n) is 3.37. The molecule has 12 heavy (non-hydrogen) atoms. The lowest BCUT2D eigenvalue weighted by Gasteiger charge is -2.20. The van der Waals surface area contributed by atoms with Crippen LogP contribution in [0.5, 0.6) is 0 Å². The topological polar surface area (TPSA) is 0 Å². The Balaban J connectivity index is 2.05. The minimum atomic E-state index is -2.34. The van der Waals surface area contributed by atoms with Crippen LogP contribution in [0.4, 0.5) is 8.78 Å². The minimum absolute atomic E-state index is 0.132. The molecule has 0 aromatic carbocycles. The maximum Gasteiger partial charge on any atom is 0.254 e. The fraction of sp³-hybridized carbons (Fsp3) is 0.800. The number of rotatable bonds is 1. The Morgan fingerprint density at radius 3 is 2.50 bits per heavy atom. The van der Waals surface area contributed by atoms with Gasteiger partial charge in [-0.2, -0.15) is 0 Å². The summed E-state index contributed by atoms with van der Waals surface area (Å²) in [5.41, 5.74) is 0.759. The fourth-order valence-electron chi connectivity index (χ4n) is 2.14. The molecule has 0 N–H and O–H groups in total. The summed E-state index contributed by atoms with van der Waals surface area (Å²) in [7, 11) is 0. The van der Waals surface area contributed by atoms with E-state index in [9.17, 15) is 8.78 Å². The van der Waals surface area contributed by atoms with Crippen LogP contribution in [0.25, 0.3) is 0 Å². The fourth-order valence-corrected chi connectivity index (χ4v) is 2.14. The van der Waals surface area contributed by atoms with Gasteiger partial charge in [0.25, 0.3) is 5.92 Å². The second-order valence-electron chi connectivity index (χ2n) is 4.08. The molecule has 0 aromatic rings. The van der Waals surface area contributed by atoms with Crippen LogP contribution in [0.2, 0.25) is 0 Å². The van der Waals surface area contributed by atoms with E-state index in [1.807, 2.05) is 6.08 Å². The molecule has 0 aromatic heterocycles. The summed E-state index contributed by atoms with van der Waals surface area (Å²) in [6.45, 7) is 2.09. The highest BCUT2D eigenvalue weighted by molar-refractivity contribution is 5.20. The van der Waals surface area contributed by atoms with Gasteiger partial charge in [-0.3, -0.25) is 0 Å². The summed E-state index contributed by atoms with van der Waals surface area (Å²) in [4.78, 5) is 0. The Bertz CT molecular complexity index is 230. The molecule has 0 heterocycles. The summed E-state index contributed by atoms with van der Waals surface area (Å²) in [5.74, 6) is -2.34. The second-order valence-corrected chi connectivity index (χ2v) is 4.08. The van der Waals surface area contributed by atoms with E-state index < -0.39 is 11.3 Å². The molecule has 1 atom stereocenters. The van der Waals surface area contributed by atoms with Crippen LogP contribution in [0.3, 0.4) is 0 Å². The third kappa shape index (κ3) is 1.00. The molecule has 1 saturated carbocycles. The van der Waals surface area contributed by atoms with Gasteiger partial charge in [0.2, 0.25) is 0 Å². The van der Waals surface area contributed by atoms with E-state index in [-0.39, 0.29) is 6.42 Å². The Kier molecular flexibility index (Phi) is 1.57. The Morgan fingerprint density at radius 2 is 2.17 bits per heavy atom. The summed E-state index contributed by atoms with van der Waals surface area (Å²) >= 11 is 0. The quantitative estimate of drug-likeness (QED) is 0.531. The molecule has 0 radical (unpaired) electrons. The van der Waals surface area contributed by atoms with E-state index in [2.05, 4.69) is 6.92 Å². The maximum absolute atomic E-state index is 12.9. The first-order valence-electron chi connectivity index (χ1n) is 4.65. The first-order chi connectivity index (χ1) is 5.60. The second kappa shape index (κ2) is 2.30. The molecule has 0 saturated heterocycles. The molecule has 0 bridgehead atoms. The van der Waals surface area contributed by atoms with Crippen molar-refractivity contribution in [2.24, 2.45) is 5.41 Å². The van der Waals surface area contributed by atoms with Crippen molar-refractivity contribution in [2.75, 3.05) is 0 Å². The van der Waals surface area contributed by atoms with Gasteiger partial charge < -0.3 is 0 Å². The predicted molar refractivity (Wildman–Crippen MR) is 44.2 cm³/mol. The van der Waals surface area contributed by atoms with Gasteiger partial charge >= 0.3 is 0 Å². The molecule has 68 valence electrons. The molecule has 2 rings (SSSR count). The zero-order valence-electron chi connectivity index (χ0n) is 7.37.